The molecule has 3 aromatic rings. The standard InChI is InChI=1S/C26H20FN3O5/c1-35-23-9-5-8-22(31)24(23)21-15-19(29-30(21)18-12-10-17(27)11-13-18)25(32)28-20(26(33)34)14-16-6-3-2-4-7-16/h2-10,12,15,20,31H,14H2,1H3,(H,28,32)(H,33,34)/t20-/m0/s1. The molecule has 0 aliphatic heterocycles. The number of allylic oxidation sites excluding steroid dienone is 4. The topological polar surface area (TPSA) is 114 Å². The van der Waals surface area contributed by atoms with Gasteiger partial charge in [-0.2, -0.15) is 9.49 Å². The summed E-state index contributed by atoms with van der Waals surface area (Å²) in [5, 5.41) is 27.0. The predicted molar refractivity (Wildman–Crippen MR) is 125 cm³/mol. The van der Waals surface area contributed by atoms with E-state index in [2.05, 4.69) is 21.9 Å². The van der Waals surface area contributed by atoms with Crippen LogP contribution in [-0.2, 0) is 11.2 Å². The third kappa shape index (κ3) is 5.07. The molecule has 35 heavy (non-hydrogen) atoms. The van der Waals surface area contributed by atoms with Crippen LogP contribution in [0.15, 0.2) is 84.0 Å². The van der Waals surface area contributed by atoms with E-state index in [-0.39, 0.29) is 34.8 Å². The third-order valence-corrected chi connectivity index (χ3v) is 5.23. The molecule has 3 N–H and O–H groups in total. The zero-order valence-electron chi connectivity index (χ0n) is 18.5. The average molecular weight is 473 g/mol. The Morgan fingerprint density at radius 3 is 2.57 bits per heavy atom. The number of hydrogen-bond acceptors (Lipinski definition) is 5. The fourth-order valence-electron chi connectivity index (χ4n) is 3.57. The number of nitrogens with zero attached hydrogens (tertiary/aromatic N) is 2. The molecule has 0 saturated carbocycles. The summed E-state index contributed by atoms with van der Waals surface area (Å²) in [6.07, 6.45) is 2.61. The molecule has 1 heterocycles. The van der Waals surface area contributed by atoms with E-state index < -0.39 is 23.7 Å². The number of hydrogen-bond donors (Lipinski definition) is 3. The van der Waals surface area contributed by atoms with Gasteiger partial charge in [0.05, 0.1) is 18.4 Å². The Labute approximate surface area is 199 Å². The highest BCUT2D eigenvalue weighted by molar-refractivity contribution is 5.97. The van der Waals surface area contributed by atoms with Gasteiger partial charge in [-0.15, -0.1) is 0 Å². The largest absolute Gasteiger partial charge is 0.507 e. The summed E-state index contributed by atoms with van der Waals surface area (Å²) >= 11 is 0. The van der Waals surface area contributed by atoms with Crippen molar-refractivity contribution in [2.24, 2.45) is 0 Å². The second kappa shape index (κ2) is 9.97. The first-order chi connectivity index (χ1) is 16.9. The number of aromatic hydroxyl groups is 1. The van der Waals surface area contributed by atoms with E-state index in [4.69, 9.17) is 4.74 Å². The zero-order chi connectivity index (χ0) is 24.9. The number of amides is 1. The highest BCUT2D eigenvalue weighted by Gasteiger charge is 2.26. The number of aromatic nitrogens is 2. The molecule has 1 amide bonds. The lowest BCUT2D eigenvalue weighted by molar-refractivity contribution is -0.139. The average Bonchev–Trinajstić information content (AvgIpc) is 3.29. The van der Waals surface area contributed by atoms with E-state index in [1.165, 1.54) is 30.0 Å². The van der Waals surface area contributed by atoms with E-state index in [0.717, 1.165) is 11.6 Å². The van der Waals surface area contributed by atoms with Crippen molar-refractivity contribution in [3.05, 3.63) is 95.3 Å². The van der Waals surface area contributed by atoms with Crippen molar-refractivity contribution in [3.8, 4) is 22.8 Å². The number of carbonyl (C=O) groups is 2. The molecule has 176 valence electrons. The van der Waals surface area contributed by atoms with Crippen LogP contribution in [0.5, 0.6) is 11.5 Å². The molecule has 0 fully saturated rings. The molecular weight excluding hydrogens is 453 g/mol. The summed E-state index contributed by atoms with van der Waals surface area (Å²) in [4.78, 5) is 24.9. The lowest BCUT2D eigenvalue weighted by Crippen LogP contribution is -2.42. The molecule has 1 atom stereocenters. The van der Waals surface area contributed by atoms with Gasteiger partial charge in [0, 0.05) is 6.42 Å². The Morgan fingerprint density at radius 1 is 1.14 bits per heavy atom. The van der Waals surface area contributed by atoms with Crippen molar-refractivity contribution in [1.29, 1.82) is 0 Å². The molecule has 0 radical (unpaired) electrons. The lowest BCUT2D eigenvalue weighted by Gasteiger charge is -2.13. The second-order valence-electron chi connectivity index (χ2n) is 7.55. The van der Waals surface area contributed by atoms with Crippen LogP contribution in [-0.4, -0.2) is 45.0 Å². The number of benzene rings is 2. The van der Waals surface area contributed by atoms with Gasteiger partial charge >= 0.3 is 5.97 Å². The van der Waals surface area contributed by atoms with Crippen LogP contribution in [0.3, 0.4) is 0 Å². The Balaban J connectivity index is 1.76. The molecule has 4 rings (SSSR count). The summed E-state index contributed by atoms with van der Waals surface area (Å²) in [6.45, 7) is 0. The molecule has 1 aliphatic carbocycles. The Morgan fingerprint density at radius 2 is 1.91 bits per heavy atom. The van der Waals surface area contributed by atoms with Crippen LogP contribution in [0, 0.1) is 0 Å². The quantitative estimate of drug-likeness (QED) is 0.430. The Kier molecular flexibility index (Phi) is 6.64. The monoisotopic (exact) mass is 473 g/mol. The number of nitrogens with one attached hydrogen (secondary N) is 1. The van der Waals surface area contributed by atoms with Crippen molar-refractivity contribution in [2.75, 3.05) is 7.11 Å². The van der Waals surface area contributed by atoms with Crippen LogP contribution in [0.2, 0.25) is 0 Å². The number of phenolic OH excluding ortho intramolecular Hbond substituents is 1. The summed E-state index contributed by atoms with van der Waals surface area (Å²) in [5.41, 5.74) is 6.26. The van der Waals surface area contributed by atoms with Crippen LogP contribution >= 0.6 is 0 Å². The van der Waals surface area contributed by atoms with E-state index in [9.17, 15) is 24.2 Å². The number of carbonyl (C=O) groups excluding carboxylic acids is 1. The van der Waals surface area contributed by atoms with E-state index >= 15 is 0 Å². The number of carboxylic acids is 1. The first-order valence-corrected chi connectivity index (χ1v) is 10.5. The van der Waals surface area contributed by atoms with Crippen molar-refractivity contribution in [3.63, 3.8) is 0 Å². The van der Waals surface area contributed by atoms with Crippen molar-refractivity contribution >= 4 is 17.6 Å². The van der Waals surface area contributed by atoms with Crippen LogP contribution < -0.4 is 10.1 Å². The number of carboxylic acid groups (broad SMARTS) is 1. The highest BCUT2D eigenvalue weighted by Crippen LogP contribution is 2.39. The maximum Gasteiger partial charge on any atom is 0.326 e. The molecule has 0 unspecified atom stereocenters. The van der Waals surface area contributed by atoms with Gasteiger partial charge in [-0.1, -0.05) is 36.4 Å². The van der Waals surface area contributed by atoms with Gasteiger partial charge in [0.1, 0.15) is 23.2 Å². The summed E-state index contributed by atoms with van der Waals surface area (Å²) in [5.74, 6) is -2.42. The maximum absolute atomic E-state index is 13.4. The van der Waals surface area contributed by atoms with Crippen LogP contribution in [0.4, 0.5) is 4.39 Å². The van der Waals surface area contributed by atoms with E-state index in [1.807, 2.05) is 6.07 Å². The highest BCUT2D eigenvalue weighted by atomic mass is 19.1. The fourth-order valence-corrected chi connectivity index (χ4v) is 3.57. The lowest BCUT2D eigenvalue weighted by atomic mass is 10.1. The van der Waals surface area contributed by atoms with Crippen LogP contribution in [0.25, 0.3) is 17.0 Å². The SMILES string of the molecule is COc1cccc(O)c1-c1cc(C(=O)N[C@@H](Cc2ccccc2)C(=O)O)nn1C1=C=C=C(F)C=C1. The number of aliphatic carboxylic acids is 1. The first-order valence-electron chi connectivity index (χ1n) is 10.5. The van der Waals surface area contributed by atoms with Gasteiger partial charge in [0.2, 0.25) is 0 Å². The molecule has 0 bridgehead atoms. The summed E-state index contributed by atoms with van der Waals surface area (Å²) in [6, 6.07) is 13.7. The Hall–Kier alpha value is -4.84. The number of halogens is 1. The molecule has 9 heteroatoms. The number of ether oxygens (including phenoxy) is 1. The molecule has 1 aromatic heterocycles. The normalized spacial score (nSPS) is 13.1. The Bertz CT molecular complexity index is 1430. The predicted octanol–water partition coefficient (Wildman–Crippen LogP) is 3.71. The molecule has 0 saturated heterocycles. The smallest absolute Gasteiger partial charge is 0.326 e. The van der Waals surface area contributed by atoms with Crippen molar-refractivity contribution in [1.82, 2.24) is 15.1 Å². The van der Waals surface area contributed by atoms with Gasteiger partial charge < -0.3 is 20.3 Å². The van der Waals surface area contributed by atoms with Gasteiger partial charge in [0.25, 0.3) is 5.91 Å². The second-order valence-corrected chi connectivity index (χ2v) is 7.55. The fraction of sp³-hybridized carbons (Fsp3) is 0.115. The number of methoxy groups -OCH3 is 1. The minimum Gasteiger partial charge on any atom is -0.507 e. The van der Waals surface area contributed by atoms with Gasteiger partial charge in [-0.25, -0.2) is 9.48 Å². The van der Waals surface area contributed by atoms with Gasteiger partial charge in [0.15, 0.2) is 11.5 Å². The number of phenols is 1. The van der Waals surface area contributed by atoms with Crippen molar-refractivity contribution < 1.29 is 28.9 Å². The zero-order valence-corrected chi connectivity index (χ0v) is 18.5. The van der Waals surface area contributed by atoms with Crippen molar-refractivity contribution in [2.45, 2.75) is 12.5 Å². The van der Waals surface area contributed by atoms with E-state index in [0.29, 0.717) is 5.75 Å². The van der Waals surface area contributed by atoms with Crippen LogP contribution in [0.1, 0.15) is 16.1 Å². The molecule has 1 aliphatic rings. The van der Waals surface area contributed by atoms with Gasteiger partial charge in [-0.05, 0) is 47.4 Å². The minimum absolute atomic E-state index is 0.0729. The molecular formula is C26H20FN3O5. The maximum atomic E-state index is 13.4. The first kappa shape index (κ1) is 23.3. The molecule has 0 spiro atoms. The molecule has 2 aromatic carbocycles. The summed E-state index contributed by atoms with van der Waals surface area (Å²) < 4.78 is 20.1. The molecule has 8 nitrogen and oxygen atoms in total. The van der Waals surface area contributed by atoms with Gasteiger partial charge in [-0.3, -0.25) is 4.79 Å². The van der Waals surface area contributed by atoms with E-state index in [1.54, 1.807) is 36.4 Å². The third-order valence-electron chi connectivity index (χ3n) is 5.23. The number of rotatable bonds is 8. The summed E-state index contributed by atoms with van der Waals surface area (Å²) in [7, 11) is 1.42. The minimum atomic E-state index is -1.20.